The highest BCUT2D eigenvalue weighted by atomic mass is 35.5. The van der Waals surface area contributed by atoms with Crippen LogP contribution in [0.2, 0.25) is 0 Å². The van der Waals surface area contributed by atoms with Crippen molar-refractivity contribution in [3.05, 3.63) is 64.5 Å². The van der Waals surface area contributed by atoms with Gasteiger partial charge in [-0.2, -0.15) is 0 Å². The number of fused-ring (bicyclic) bond motifs is 4. The van der Waals surface area contributed by atoms with Crippen molar-refractivity contribution in [2.45, 2.75) is 60.7 Å². The number of likely N-dealkylation sites (tertiary alicyclic amines) is 1. The molecule has 0 radical (unpaired) electrons. The van der Waals surface area contributed by atoms with Crippen molar-refractivity contribution in [2.75, 3.05) is 19.1 Å². The maximum Gasteiger partial charge on any atom is 0.258 e. The Kier molecular flexibility index (Phi) is 8.88. The van der Waals surface area contributed by atoms with Gasteiger partial charge in [0, 0.05) is 12.0 Å². The zero-order valence-electron chi connectivity index (χ0n) is 27.7. The number of carbonyl (C=O) groups is 4. The second-order valence-electron chi connectivity index (χ2n) is 13.7. The lowest BCUT2D eigenvalue weighted by molar-refractivity contribution is -0.143. The molecule has 16 heteroatoms. The summed E-state index contributed by atoms with van der Waals surface area (Å²) in [5.41, 5.74) is -1.21. The maximum absolute atomic E-state index is 15.2. The van der Waals surface area contributed by atoms with Crippen LogP contribution >= 0.6 is 23.2 Å². The van der Waals surface area contributed by atoms with E-state index in [1.807, 2.05) is 0 Å². The Balaban J connectivity index is 1.39. The summed E-state index contributed by atoms with van der Waals surface area (Å²) >= 11 is 14.3. The first-order valence-corrected chi connectivity index (χ1v) is 17.4. The third kappa shape index (κ3) is 4.85. The summed E-state index contributed by atoms with van der Waals surface area (Å²) in [7, 11) is 2.58. The third-order valence-electron chi connectivity index (χ3n) is 11.2. The van der Waals surface area contributed by atoms with Crippen molar-refractivity contribution < 1.29 is 55.7 Å². The van der Waals surface area contributed by atoms with Gasteiger partial charge in [0.05, 0.1) is 26.1 Å². The Morgan fingerprint density at radius 1 is 0.827 bits per heavy atom. The first kappa shape index (κ1) is 36.2. The summed E-state index contributed by atoms with van der Waals surface area (Å²) in [4.78, 5) is 52.5. The van der Waals surface area contributed by atoms with Crippen LogP contribution in [0.15, 0.2) is 29.9 Å². The topological polar surface area (TPSA) is 113 Å². The number of hydrogen-bond donors (Lipinski definition) is 1. The van der Waals surface area contributed by atoms with E-state index >= 15 is 8.78 Å². The number of amides is 4. The number of alkyl halides is 2. The molecule has 0 aromatic heterocycles. The van der Waals surface area contributed by atoms with Crippen molar-refractivity contribution in [1.29, 1.82) is 0 Å². The van der Waals surface area contributed by atoms with Crippen molar-refractivity contribution >= 4 is 58.6 Å². The number of imide groups is 2. The zero-order chi connectivity index (χ0) is 37.6. The predicted octanol–water partition coefficient (Wildman–Crippen LogP) is 6.55. The third-order valence-corrected chi connectivity index (χ3v) is 12.7. The number of halogens is 7. The van der Waals surface area contributed by atoms with E-state index in [1.165, 1.54) is 43.4 Å². The summed E-state index contributed by atoms with van der Waals surface area (Å²) in [5, 5.41) is 10.4. The molecule has 52 heavy (non-hydrogen) atoms. The highest BCUT2D eigenvalue weighted by Crippen LogP contribution is 2.64. The van der Waals surface area contributed by atoms with Gasteiger partial charge < -0.3 is 14.6 Å². The average Bonchev–Trinajstić information content (AvgIpc) is 3.48. The molecule has 7 rings (SSSR count). The van der Waals surface area contributed by atoms with Gasteiger partial charge >= 0.3 is 0 Å². The van der Waals surface area contributed by atoms with Gasteiger partial charge in [-0.15, -0.1) is 23.2 Å². The van der Waals surface area contributed by atoms with Crippen LogP contribution in [-0.4, -0.2) is 63.6 Å². The van der Waals surface area contributed by atoms with Crippen LogP contribution in [0.4, 0.5) is 27.6 Å². The molecular formula is C36H31Cl2F5N2O7. The Bertz CT molecular complexity index is 1950. The Labute approximate surface area is 303 Å². The minimum atomic E-state index is -2.64. The molecule has 6 unspecified atom stereocenters. The van der Waals surface area contributed by atoms with E-state index in [0.29, 0.717) is 24.0 Å². The molecule has 0 spiro atoms. The zero-order valence-corrected chi connectivity index (χ0v) is 29.2. The van der Waals surface area contributed by atoms with E-state index in [2.05, 4.69) is 0 Å². The molecule has 276 valence electrons. The number of benzene rings is 2. The number of aromatic hydroxyl groups is 1. The normalized spacial score (nSPS) is 30.5. The summed E-state index contributed by atoms with van der Waals surface area (Å²) in [6.07, 6.45) is 7.76. The smallest absolute Gasteiger partial charge is 0.258 e. The second kappa shape index (κ2) is 12.8. The molecule has 2 aromatic carbocycles. The highest BCUT2D eigenvalue weighted by Gasteiger charge is 2.76. The monoisotopic (exact) mass is 768 g/mol. The number of anilines is 1. The Hall–Kier alpha value is -4.17. The fourth-order valence-electron chi connectivity index (χ4n) is 8.76. The highest BCUT2D eigenvalue weighted by molar-refractivity contribution is 6.58. The van der Waals surface area contributed by atoms with Crippen LogP contribution in [0, 0.1) is 52.8 Å². The molecule has 3 aliphatic carbocycles. The molecule has 2 heterocycles. The molecular weight excluding hydrogens is 738 g/mol. The lowest BCUT2D eigenvalue weighted by Gasteiger charge is -2.49. The van der Waals surface area contributed by atoms with Crippen molar-refractivity contribution in [3.8, 4) is 17.2 Å². The molecule has 9 nitrogen and oxygen atoms in total. The van der Waals surface area contributed by atoms with Crippen LogP contribution in [0.3, 0.4) is 0 Å². The molecule has 5 aliphatic rings. The number of phenols is 1. The number of hydrogen-bond acceptors (Lipinski definition) is 7. The molecule has 2 aromatic rings. The molecule has 4 fully saturated rings. The lowest BCUT2D eigenvalue weighted by Crippen LogP contribution is -2.60. The Morgan fingerprint density at radius 3 is 1.98 bits per heavy atom. The van der Waals surface area contributed by atoms with Crippen molar-refractivity contribution in [3.63, 3.8) is 0 Å². The number of ether oxygens (including phenoxy) is 2. The van der Waals surface area contributed by atoms with Gasteiger partial charge in [-0.25, -0.2) is 26.9 Å². The van der Waals surface area contributed by atoms with Gasteiger partial charge in [-0.1, -0.05) is 43.1 Å². The molecule has 2 aliphatic heterocycles. The van der Waals surface area contributed by atoms with Gasteiger partial charge in [-0.3, -0.25) is 24.1 Å². The van der Waals surface area contributed by atoms with Crippen LogP contribution in [0.1, 0.15) is 50.5 Å². The van der Waals surface area contributed by atoms with E-state index in [1.54, 1.807) is 6.08 Å². The number of allylic oxidation sites excluding steroid dienone is 3. The van der Waals surface area contributed by atoms with Gasteiger partial charge in [0.2, 0.25) is 23.4 Å². The quantitative estimate of drug-likeness (QED) is 0.0887. The van der Waals surface area contributed by atoms with Crippen molar-refractivity contribution in [1.82, 2.24) is 4.90 Å². The van der Waals surface area contributed by atoms with Gasteiger partial charge in [0.25, 0.3) is 11.8 Å². The summed E-state index contributed by atoms with van der Waals surface area (Å²) in [6, 6.07) is 2.48. The van der Waals surface area contributed by atoms with E-state index in [4.69, 9.17) is 32.7 Å². The largest absolute Gasteiger partial charge is 0.502 e. The van der Waals surface area contributed by atoms with Gasteiger partial charge in [-0.05, 0) is 49.3 Å². The second-order valence-corrected chi connectivity index (χ2v) is 15.0. The van der Waals surface area contributed by atoms with Crippen LogP contribution in [-0.2, 0) is 19.2 Å². The molecule has 2 saturated heterocycles. The fraction of sp³-hybridized carbons (Fsp3) is 0.444. The summed E-state index contributed by atoms with van der Waals surface area (Å²) in [5.74, 6) is -20.9. The fourth-order valence-corrected chi connectivity index (χ4v) is 9.65. The molecule has 2 saturated carbocycles. The Morgan fingerprint density at radius 2 is 1.40 bits per heavy atom. The molecule has 4 amide bonds. The molecule has 0 bridgehead atoms. The number of methoxy groups -OCH3 is 2. The number of carbonyl (C=O) groups excluding carboxylic acids is 4. The maximum atomic E-state index is 15.2. The van der Waals surface area contributed by atoms with Crippen LogP contribution < -0.4 is 14.4 Å². The minimum absolute atomic E-state index is 0.00463. The van der Waals surface area contributed by atoms with E-state index in [0.717, 1.165) is 19.3 Å². The standard InChI is InChI=1S/C36H31Cl2F5N2O7/c1-51-21-12-15(13-22(52-2)30(21)46)8-11-20-17-9-10-18-23(32(48)44(31(18)47)16-6-4-3-5-7-16)19(17)14-35(37)33(49)45(34(50)36(20,35)38)29-27(42)25(40)24(39)26(41)28(29)43/h8-9,11-13,16,18-20,23,46H,3-7,10,14H2,1-2H3. The predicted molar refractivity (Wildman–Crippen MR) is 176 cm³/mol. The number of nitrogens with zero attached hydrogens (tertiary/aromatic N) is 2. The SMILES string of the molecule is COc1cc(C=CC2C3=CCC4C(=O)N(C5CCCCC5)C(=O)C4C3CC3(Cl)C(=O)N(c4c(F)c(F)c(F)c(F)c4F)C(=O)C23Cl)cc(OC)c1O. The first-order chi connectivity index (χ1) is 24.6. The summed E-state index contributed by atoms with van der Waals surface area (Å²) in [6.45, 7) is 0. The summed E-state index contributed by atoms with van der Waals surface area (Å²) < 4.78 is 83.9. The lowest BCUT2D eigenvalue weighted by atomic mass is 9.57. The van der Waals surface area contributed by atoms with E-state index < -0.39 is 92.3 Å². The number of phenolic OH excluding ortho intramolecular Hbond substituents is 1. The van der Waals surface area contributed by atoms with Crippen molar-refractivity contribution in [2.24, 2.45) is 23.7 Å². The number of rotatable bonds is 6. The minimum Gasteiger partial charge on any atom is -0.502 e. The van der Waals surface area contributed by atoms with E-state index in [9.17, 15) is 37.5 Å². The first-order valence-electron chi connectivity index (χ1n) is 16.6. The molecule has 6 atom stereocenters. The van der Waals surface area contributed by atoms with Gasteiger partial charge in [0.1, 0.15) is 5.69 Å². The molecule has 1 N–H and O–H groups in total. The van der Waals surface area contributed by atoms with Crippen LogP contribution in [0.25, 0.3) is 6.08 Å². The average molecular weight is 770 g/mol. The van der Waals surface area contributed by atoms with E-state index in [-0.39, 0.29) is 40.5 Å². The van der Waals surface area contributed by atoms with Gasteiger partial charge in [0.15, 0.2) is 44.5 Å². The van der Waals surface area contributed by atoms with Crippen LogP contribution in [0.5, 0.6) is 17.2 Å².